The average molecular weight is 526 g/mol. The minimum absolute atomic E-state index is 0.0224. The number of hydrogen-bond acceptors (Lipinski definition) is 4. The third-order valence-corrected chi connectivity index (χ3v) is 8.98. The van der Waals surface area contributed by atoms with E-state index in [1.807, 2.05) is 6.08 Å². The van der Waals surface area contributed by atoms with Gasteiger partial charge in [-0.1, -0.05) is 129 Å². The SMILES string of the molecule is CCCCCCCCCCCCCCCCCCCC/C=C/N1C(=O)CC(S(=O)CC(O)CC)C1=O. The number of carbonyl (C=O) groups is 2. The van der Waals surface area contributed by atoms with E-state index in [0.29, 0.717) is 6.42 Å². The average Bonchev–Trinajstić information content (AvgIpc) is 3.15. The number of allylic oxidation sites excluding steroid dienone is 1. The van der Waals surface area contributed by atoms with Crippen LogP contribution in [0.15, 0.2) is 12.3 Å². The molecule has 0 aromatic heterocycles. The monoisotopic (exact) mass is 525 g/mol. The molecule has 1 fully saturated rings. The maximum Gasteiger partial charge on any atom is 0.249 e. The lowest BCUT2D eigenvalue weighted by Crippen LogP contribution is -2.32. The van der Waals surface area contributed by atoms with Crippen LogP contribution < -0.4 is 0 Å². The Balaban J connectivity index is 1.94. The predicted octanol–water partition coefficient (Wildman–Crippen LogP) is 7.58. The summed E-state index contributed by atoms with van der Waals surface area (Å²) in [6.07, 6.45) is 28.4. The van der Waals surface area contributed by atoms with Crippen LogP contribution in [-0.2, 0) is 20.4 Å². The first-order valence-electron chi connectivity index (χ1n) is 15.1. The first-order valence-corrected chi connectivity index (χ1v) is 16.5. The number of rotatable bonds is 24. The summed E-state index contributed by atoms with van der Waals surface area (Å²) >= 11 is 0. The maximum atomic E-state index is 12.4. The first-order chi connectivity index (χ1) is 17.5. The predicted molar refractivity (Wildman–Crippen MR) is 152 cm³/mol. The standard InChI is InChI=1S/C30H55NO4S/c1-3-5-6-7-8-9-10-11-12-13-14-15-16-17-18-19-20-21-22-23-24-31-29(33)25-28(30(31)34)36(35)26-27(32)4-2/h23-24,27-28,32H,3-22,25-26H2,1-2H3/b24-23+. The van der Waals surface area contributed by atoms with Gasteiger partial charge in [0.2, 0.25) is 11.8 Å². The molecule has 1 aliphatic rings. The van der Waals surface area contributed by atoms with Crippen LogP contribution in [0.5, 0.6) is 0 Å². The van der Waals surface area contributed by atoms with Gasteiger partial charge in [0.25, 0.3) is 0 Å². The Bertz CT molecular complexity index is 636. The first kappa shape index (κ1) is 33.0. The molecule has 0 bridgehead atoms. The highest BCUT2D eigenvalue weighted by Gasteiger charge is 2.41. The molecule has 0 aromatic rings. The molecule has 0 radical (unpaired) electrons. The number of aliphatic hydroxyl groups excluding tert-OH is 1. The van der Waals surface area contributed by atoms with E-state index in [0.717, 1.165) is 17.7 Å². The fourth-order valence-electron chi connectivity index (χ4n) is 4.75. The van der Waals surface area contributed by atoms with Gasteiger partial charge in [0, 0.05) is 17.0 Å². The Labute approximate surface area is 224 Å². The Hall–Kier alpha value is -1.01. The van der Waals surface area contributed by atoms with Gasteiger partial charge in [-0.3, -0.25) is 18.7 Å². The lowest BCUT2D eigenvalue weighted by Gasteiger charge is -2.12. The zero-order valence-electron chi connectivity index (χ0n) is 23.4. The number of carbonyl (C=O) groups excluding carboxylic acids is 2. The van der Waals surface area contributed by atoms with Crippen molar-refractivity contribution < 1.29 is 18.9 Å². The topological polar surface area (TPSA) is 74.7 Å². The summed E-state index contributed by atoms with van der Waals surface area (Å²) in [6.45, 7) is 4.08. The zero-order valence-corrected chi connectivity index (χ0v) is 24.2. The van der Waals surface area contributed by atoms with E-state index in [4.69, 9.17) is 0 Å². The number of nitrogens with zero attached hydrogens (tertiary/aromatic N) is 1. The van der Waals surface area contributed by atoms with E-state index >= 15 is 0 Å². The third-order valence-electron chi connectivity index (χ3n) is 7.27. The molecule has 1 heterocycles. The molecule has 0 aliphatic carbocycles. The van der Waals surface area contributed by atoms with Gasteiger partial charge >= 0.3 is 0 Å². The maximum absolute atomic E-state index is 12.4. The van der Waals surface area contributed by atoms with Gasteiger partial charge in [0.1, 0.15) is 5.25 Å². The van der Waals surface area contributed by atoms with Crippen LogP contribution in [0.25, 0.3) is 0 Å². The van der Waals surface area contributed by atoms with Crippen LogP contribution in [0, 0.1) is 0 Å². The van der Waals surface area contributed by atoms with Crippen molar-refractivity contribution in [2.45, 2.75) is 160 Å². The van der Waals surface area contributed by atoms with Crippen molar-refractivity contribution in [3.8, 4) is 0 Å². The number of aliphatic hydroxyl groups is 1. The fourth-order valence-corrected chi connectivity index (χ4v) is 6.27. The van der Waals surface area contributed by atoms with E-state index < -0.39 is 28.1 Å². The lowest BCUT2D eigenvalue weighted by atomic mass is 10.0. The summed E-state index contributed by atoms with van der Waals surface area (Å²) in [5.41, 5.74) is 0. The van der Waals surface area contributed by atoms with Gasteiger partial charge in [-0.2, -0.15) is 0 Å². The second kappa shape index (κ2) is 22.0. The van der Waals surface area contributed by atoms with E-state index in [1.165, 1.54) is 109 Å². The molecule has 210 valence electrons. The van der Waals surface area contributed by atoms with Crippen molar-refractivity contribution in [1.82, 2.24) is 4.90 Å². The molecular formula is C30H55NO4S. The largest absolute Gasteiger partial charge is 0.392 e. The molecule has 1 rings (SSSR count). The molecule has 6 heteroatoms. The molecular weight excluding hydrogens is 470 g/mol. The Morgan fingerprint density at radius 1 is 0.806 bits per heavy atom. The van der Waals surface area contributed by atoms with Gasteiger partial charge in [-0.15, -0.1) is 0 Å². The number of likely N-dealkylation sites (tertiary alicyclic amines) is 1. The van der Waals surface area contributed by atoms with Crippen molar-refractivity contribution >= 4 is 22.6 Å². The minimum atomic E-state index is -1.51. The van der Waals surface area contributed by atoms with Crippen LogP contribution in [0.1, 0.15) is 149 Å². The highest BCUT2D eigenvalue weighted by Crippen LogP contribution is 2.20. The Morgan fingerprint density at radius 3 is 1.69 bits per heavy atom. The molecule has 1 aliphatic heterocycles. The third kappa shape index (κ3) is 15.3. The molecule has 0 spiro atoms. The van der Waals surface area contributed by atoms with Crippen LogP contribution >= 0.6 is 0 Å². The minimum Gasteiger partial charge on any atom is -0.392 e. The number of imide groups is 1. The van der Waals surface area contributed by atoms with E-state index in [9.17, 15) is 18.9 Å². The molecule has 1 N–H and O–H groups in total. The van der Waals surface area contributed by atoms with E-state index in [2.05, 4.69) is 6.92 Å². The summed E-state index contributed by atoms with van der Waals surface area (Å²) < 4.78 is 12.3. The number of hydrogen-bond donors (Lipinski definition) is 1. The second-order valence-electron chi connectivity index (χ2n) is 10.6. The van der Waals surface area contributed by atoms with Crippen molar-refractivity contribution in [2.24, 2.45) is 0 Å². The lowest BCUT2D eigenvalue weighted by molar-refractivity contribution is -0.135. The van der Waals surface area contributed by atoms with Gasteiger partial charge in [0.05, 0.1) is 18.3 Å². The molecule has 5 nitrogen and oxygen atoms in total. The molecule has 1 saturated heterocycles. The van der Waals surface area contributed by atoms with Gasteiger partial charge in [0.15, 0.2) is 0 Å². The molecule has 36 heavy (non-hydrogen) atoms. The van der Waals surface area contributed by atoms with Crippen molar-refractivity contribution in [1.29, 1.82) is 0 Å². The normalized spacial score (nSPS) is 18.0. The van der Waals surface area contributed by atoms with E-state index in [-0.39, 0.29) is 18.1 Å². The van der Waals surface area contributed by atoms with Crippen LogP contribution in [0.2, 0.25) is 0 Å². The molecule has 3 unspecified atom stereocenters. The van der Waals surface area contributed by atoms with Crippen molar-refractivity contribution in [3.63, 3.8) is 0 Å². The fraction of sp³-hybridized carbons (Fsp3) is 0.867. The van der Waals surface area contributed by atoms with Gasteiger partial charge < -0.3 is 5.11 Å². The molecule has 3 atom stereocenters. The highest BCUT2D eigenvalue weighted by molar-refractivity contribution is 7.86. The summed E-state index contributed by atoms with van der Waals surface area (Å²) in [7, 11) is -1.51. The number of amides is 2. The van der Waals surface area contributed by atoms with Crippen LogP contribution in [0.4, 0.5) is 0 Å². The number of unbranched alkanes of at least 4 members (excludes halogenated alkanes) is 18. The molecule has 0 saturated carbocycles. The van der Waals surface area contributed by atoms with Crippen molar-refractivity contribution in [2.75, 3.05) is 5.75 Å². The zero-order chi connectivity index (χ0) is 26.4. The summed E-state index contributed by atoms with van der Waals surface area (Å²) in [4.78, 5) is 25.7. The Morgan fingerprint density at radius 2 is 1.25 bits per heavy atom. The Kier molecular flexibility index (Phi) is 20.2. The molecule has 0 aromatic carbocycles. The molecule has 2 amide bonds. The van der Waals surface area contributed by atoms with E-state index in [1.54, 1.807) is 13.1 Å². The summed E-state index contributed by atoms with van der Waals surface area (Å²) in [5, 5.41) is 8.86. The second-order valence-corrected chi connectivity index (χ2v) is 12.3. The van der Waals surface area contributed by atoms with Crippen molar-refractivity contribution in [3.05, 3.63) is 12.3 Å². The van der Waals surface area contributed by atoms with Gasteiger partial charge in [-0.25, -0.2) is 0 Å². The van der Waals surface area contributed by atoms with Gasteiger partial charge in [-0.05, 0) is 19.3 Å². The summed E-state index contributed by atoms with van der Waals surface area (Å²) in [5.74, 6) is -0.633. The quantitative estimate of drug-likeness (QED) is 0.104. The highest BCUT2D eigenvalue weighted by atomic mass is 32.2. The van der Waals surface area contributed by atoms with Crippen LogP contribution in [0.3, 0.4) is 0 Å². The van der Waals surface area contributed by atoms with Crippen LogP contribution in [-0.4, -0.2) is 43.1 Å². The summed E-state index contributed by atoms with van der Waals surface area (Å²) in [6, 6.07) is 0. The smallest absolute Gasteiger partial charge is 0.249 e.